The van der Waals surface area contributed by atoms with E-state index in [-0.39, 0.29) is 11.8 Å². The Labute approximate surface area is 111 Å². The second-order valence-corrected chi connectivity index (χ2v) is 4.86. The van der Waals surface area contributed by atoms with Gasteiger partial charge in [0.25, 0.3) is 5.91 Å². The second-order valence-electron chi connectivity index (χ2n) is 4.86. The normalized spacial score (nSPS) is 22.7. The maximum atomic E-state index is 11.8. The molecule has 1 fully saturated rings. The monoisotopic (exact) mass is 263 g/mol. The lowest BCUT2D eigenvalue weighted by Gasteiger charge is -2.26. The first-order valence-corrected chi connectivity index (χ1v) is 6.44. The van der Waals surface area contributed by atoms with Crippen LogP contribution in [0.2, 0.25) is 0 Å². The van der Waals surface area contributed by atoms with Gasteiger partial charge >= 0.3 is 5.97 Å². The standard InChI is InChI=1S/C13H17N3O3/c17-12(11-8-14-5-6-15-11)16-7-9-1-3-10(4-2-9)13(18)19/h5-6,8-10H,1-4,7H2,(H,16,17)(H,18,19). The Balaban J connectivity index is 1.75. The average Bonchev–Trinajstić information content (AvgIpc) is 2.46. The van der Waals surface area contributed by atoms with E-state index in [9.17, 15) is 9.59 Å². The van der Waals surface area contributed by atoms with Gasteiger partial charge in [-0.3, -0.25) is 14.6 Å². The molecule has 0 radical (unpaired) electrons. The Kier molecular flexibility index (Phi) is 4.43. The van der Waals surface area contributed by atoms with Gasteiger partial charge in [-0.2, -0.15) is 0 Å². The summed E-state index contributed by atoms with van der Waals surface area (Å²) in [6, 6.07) is 0. The molecule has 1 aromatic heterocycles. The van der Waals surface area contributed by atoms with Gasteiger partial charge in [0.2, 0.25) is 0 Å². The summed E-state index contributed by atoms with van der Waals surface area (Å²) in [6.07, 6.45) is 7.51. The molecule has 1 saturated carbocycles. The quantitative estimate of drug-likeness (QED) is 0.848. The van der Waals surface area contributed by atoms with Gasteiger partial charge in [0.05, 0.1) is 12.1 Å². The van der Waals surface area contributed by atoms with Crippen molar-refractivity contribution in [1.82, 2.24) is 15.3 Å². The predicted molar refractivity (Wildman–Crippen MR) is 67.4 cm³/mol. The lowest BCUT2D eigenvalue weighted by molar-refractivity contribution is -0.143. The van der Waals surface area contributed by atoms with Crippen LogP contribution < -0.4 is 5.32 Å². The topological polar surface area (TPSA) is 92.2 Å². The van der Waals surface area contributed by atoms with E-state index in [1.165, 1.54) is 18.6 Å². The summed E-state index contributed by atoms with van der Waals surface area (Å²) in [6.45, 7) is 0.571. The molecule has 0 aromatic carbocycles. The highest BCUT2D eigenvalue weighted by molar-refractivity contribution is 5.91. The van der Waals surface area contributed by atoms with Crippen LogP contribution in [0.25, 0.3) is 0 Å². The van der Waals surface area contributed by atoms with Crippen molar-refractivity contribution in [3.05, 3.63) is 24.3 Å². The lowest BCUT2D eigenvalue weighted by Crippen LogP contribution is -2.32. The van der Waals surface area contributed by atoms with Gasteiger partial charge in [0.15, 0.2) is 0 Å². The van der Waals surface area contributed by atoms with Crippen molar-refractivity contribution in [3.8, 4) is 0 Å². The van der Waals surface area contributed by atoms with Crippen LogP contribution in [0.3, 0.4) is 0 Å². The van der Waals surface area contributed by atoms with Gasteiger partial charge in [0.1, 0.15) is 5.69 Å². The van der Waals surface area contributed by atoms with Gasteiger partial charge < -0.3 is 10.4 Å². The molecule has 1 amide bonds. The SMILES string of the molecule is O=C(NCC1CCC(C(=O)O)CC1)c1cnccn1. The predicted octanol–water partition coefficient (Wildman–Crippen LogP) is 1.10. The van der Waals surface area contributed by atoms with Crippen molar-refractivity contribution in [3.63, 3.8) is 0 Å². The third kappa shape index (κ3) is 3.74. The molecule has 2 rings (SSSR count). The van der Waals surface area contributed by atoms with Crippen LogP contribution >= 0.6 is 0 Å². The molecule has 0 saturated heterocycles. The van der Waals surface area contributed by atoms with E-state index < -0.39 is 5.97 Å². The zero-order valence-corrected chi connectivity index (χ0v) is 10.6. The van der Waals surface area contributed by atoms with E-state index >= 15 is 0 Å². The molecule has 6 heteroatoms. The van der Waals surface area contributed by atoms with Crippen LogP contribution in [0, 0.1) is 11.8 Å². The van der Waals surface area contributed by atoms with E-state index in [0.717, 1.165) is 12.8 Å². The number of nitrogens with one attached hydrogen (secondary N) is 1. The first-order valence-electron chi connectivity index (χ1n) is 6.44. The van der Waals surface area contributed by atoms with Crippen molar-refractivity contribution in [2.75, 3.05) is 6.54 Å². The minimum absolute atomic E-state index is 0.216. The van der Waals surface area contributed by atoms with Crippen LogP contribution in [0.4, 0.5) is 0 Å². The van der Waals surface area contributed by atoms with Crippen LogP contribution in [-0.4, -0.2) is 33.5 Å². The van der Waals surface area contributed by atoms with Crippen molar-refractivity contribution < 1.29 is 14.7 Å². The average molecular weight is 263 g/mol. The van der Waals surface area contributed by atoms with E-state index in [0.29, 0.717) is 31.0 Å². The summed E-state index contributed by atoms with van der Waals surface area (Å²) in [5.74, 6) is -0.793. The van der Waals surface area contributed by atoms with E-state index in [2.05, 4.69) is 15.3 Å². The first-order chi connectivity index (χ1) is 9.16. The number of aromatic nitrogens is 2. The molecule has 0 atom stereocenters. The zero-order valence-electron chi connectivity index (χ0n) is 10.6. The number of hydrogen-bond donors (Lipinski definition) is 2. The number of aliphatic carboxylic acids is 1. The highest BCUT2D eigenvalue weighted by Gasteiger charge is 2.26. The van der Waals surface area contributed by atoms with Crippen LogP contribution in [0.1, 0.15) is 36.2 Å². The highest BCUT2D eigenvalue weighted by atomic mass is 16.4. The molecule has 102 valence electrons. The minimum Gasteiger partial charge on any atom is -0.481 e. The van der Waals surface area contributed by atoms with Gasteiger partial charge in [-0.25, -0.2) is 4.98 Å². The minimum atomic E-state index is -0.706. The largest absolute Gasteiger partial charge is 0.481 e. The number of carbonyl (C=O) groups is 2. The smallest absolute Gasteiger partial charge is 0.306 e. The van der Waals surface area contributed by atoms with Crippen molar-refractivity contribution in [2.45, 2.75) is 25.7 Å². The summed E-state index contributed by atoms with van der Waals surface area (Å²) >= 11 is 0. The fraction of sp³-hybridized carbons (Fsp3) is 0.538. The van der Waals surface area contributed by atoms with Crippen LogP contribution in [-0.2, 0) is 4.79 Å². The number of rotatable bonds is 4. The van der Waals surface area contributed by atoms with Crippen molar-refractivity contribution in [1.29, 1.82) is 0 Å². The molecule has 2 N–H and O–H groups in total. The molecular weight excluding hydrogens is 246 g/mol. The van der Waals surface area contributed by atoms with Crippen LogP contribution in [0.15, 0.2) is 18.6 Å². The molecule has 0 aliphatic heterocycles. The molecule has 6 nitrogen and oxygen atoms in total. The maximum absolute atomic E-state index is 11.8. The maximum Gasteiger partial charge on any atom is 0.306 e. The first kappa shape index (κ1) is 13.5. The summed E-state index contributed by atoms with van der Waals surface area (Å²) < 4.78 is 0. The summed E-state index contributed by atoms with van der Waals surface area (Å²) in [5, 5.41) is 11.7. The Morgan fingerprint density at radius 1 is 1.26 bits per heavy atom. The fourth-order valence-electron chi connectivity index (χ4n) is 2.36. The number of carbonyl (C=O) groups excluding carboxylic acids is 1. The third-order valence-electron chi connectivity index (χ3n) is 3.54. The van der Waals surface area contributed by atoms with E-state index in [1.807, 2.05) is 0 Å². The Morgan fingerprint density at radius 2 is 2.00 bits per heavy atom. The molecule has 1 heterocycles. The molecule has 1 aromatic rings. The van der Waals surface area contributed by atoms with Gasteiger partial charge in [0, 0.05) is 18.9 Å². The second kappa shape index (κ2) is 6.26. The Bertz CT molecular complexity index is 442. The molecule has 0 bridgehead atoms. The summed E-state index contributed by atoms with van der Waals surface area (Å²) in [5.41, 5.74) is 0.307. The van der Waals surface area contributed by atoms with Gasteiger partial charge in [-0.1, -0.05) is 0 Å². The fourth-order valence-corrected chi connectivity index (χ4v) is 2.36. The lowest BCUT2D eigenvalue weighted by atomic mass is 9.82. The molecule has 1 aliphatic rings. The number of carboxylic acids is 1. The number of amides is 1. The summed E-state index contributed by atoms with van der Waals surface area (Å²) in [7, 11) is 0. The number of carboxylic acid groups (broad SMARTS) is 1. The van der Waals surface area contributed by atoms with E-state index in [4.69, 9.17) is 5.11 Å². The highest BCUT2D eigenvalue weighted by Crippen LogP contribution is 2.28. The van der Waals surface area contributed by atoms with Gasteiger partial charge in [-0.05, 0) is 31.6 Å². The Morgan fingerprint density at radius 3 is 2.58 bits per heavy atom. The van der Waals surface area contributed by atoms with Crippen molar-refractivity contribution in [2.24, 2.45) is 11.8 Å². The Hall–Kier alpha value is -1.98. The van der Waals surface area contributed by atoms with Crippen molar-refractivity contribution >= 4 is 11.9 Å². The van der Waals surface area contributed by atoms with Gasteiger partial charge in [-0.15, -0.1) is 0 Å². The number of hydrogen-bond acceptors (Lipinski definition) is 4. The molecular formula is C13H17N3O3. The third-order valence-corrected chi connectivity index (χ3v) is 3.54. The van der Waals surface area contributed by atoms with Crippen LogP contribution in [0.5, 0.6) is 0 Å². The zero-order chi connectivity index (χ0) is 13.7. The number of nitrogens with zero attached hydrogens (tertiary/aromatic N) is 2. The molecule has 19 heavy (non-hydrogen) atoms. The molecule has 1 aliphatic carbocycles. The molecule has 0 unspecified atom stereocenters. The summed E-state index contributed by atoms with van der Waals surface area (Å²) in [4.78, 5) is 30.3. The van der Waals surface area contributed by atoms with E-state index in [1.54, 1.807) is 0 Å². The molecule has 0 spiro atoms.